The SMILES string of the molecule is C/C=C/C1=NC(c2ccc(OC)nc2)NC(OC)=N1. The van der Waals surface area contributed by atoms with Crippen molar-refractivity contribution in [2.45, 2.75) is 13.1 Å². The summed E-state index contributed by atoms with van der Waals surface area (Å²) in [7, 11) is 3.15. The lowest BCUT2D eigenvalue weighted by Crippen LogP contribution is -2.33. The molecule has 0 amide bonds. The second-order valence-corrected chi connectivity index (χ2v) is 3.79. The zero-order valence-electron chi connectivity index (χ0n) is 11.1. The number of hydrogen-bond acceptors (Lipinski definition) is 6. The Labute approximate surface area is 111 Å². The summed E-state index contributed by atoms with van der Waals surface area (Å²) in [4.78, 5) is 12.8. The first-order valence-corrected chi connectivity index (χ1v) is 5.86. The monoisotopic (exact) mass is 260 g/mol. The summed E-state index contributed by atoms with van der Waals surface area (Å²) in [6, 6.07) is 4.13. The van der Waals surface area contributed by atoms with Crippen LogP contribution in [0.5, 0.6) is 5.88 Å². The van der Waals surface area contributed by atoms with Crippen LogP contribution in [0.15, 0.2) is 40.5 Å². The predicted octanol–water partition coefficient (Wildman–Crippen LogP) is 1.67. The molecule has 0 radical (unpaired) electrons. The maximum absolute atomic E-state index is 5.14. The molecule has 1 N–H and O–H groups in total. The van der Waals surface area contributed by atoms with Crippen LogP contribution in [-0.2, 0) is 4.74 Å². The van der Waals surface area contributed by atoms with Gasteiger partial charge in [-0.3, -0.25) is 0 Å². The lowest BCUT2D eigenvalue weighted by molar-refractivity contribution is 0.368. The Morgan fingerprint density at radius 3 is 2.68 bits per heavy atom. The molecule has 19 heavy (non-hydrogen) atoms. The van der Waals surface area contributed by atoms with Crippen molar-refractivity contribution in [3.05, 3.63) is 36.0 Å². The van der Waals surface area contributed by atoms with E-state index in [1.54, 1.807) is 26.5 Å². The van der Waals surface area contributed by atoms with E-state index in [0.717, 1.165) is 5.56 Å². The van der Waals surface area contributed by atoms with Crippen molar-refractivity contribution < 1.29 is 9.47 Å². The zero-order chi connectivity index (χ0) is 13.7. The minimum absolute atomic E-state index is 0.267. The van der Waals surface area contributed by atoms with Crippen LogP contribution < -0.4 is 10.1 Å². The van der Waals surface area contributed by atoms with Crippen LogP contribution in [0.25, 0.3) is 0 Å². The number of nitrogens with one attached hydrogen (secondary N) is 1. The molecule has 6 heteroatoms. The van der Waals surface area contributed by atoms with Crippen molar-refractivity contribution in [2.24, 2.45) is 9.98 Å². The third-order valence-corrected chi connectivity index (χ3v) is 2.53. The molecule has 1 atom stereocenters. The van der Waals surface area contributed by atoms with Gasteiger partial charge in [-0.05, 0) is 19.1 Å². The standard InChI is InChI=1S/C13H16N4O2/c1-4-5-10-15-12(17-13(16-10)19-3)9-6-7-11(18-2)14-8-9/h4-8,12H,1-3H3,(H,15,16,17)/b5-4+. The molecule has 100 valence electrons. The summed E-state index contributed by atoms with van der Waals surface area (Å²) in [5.41, 5.74) is 0.909. The molecular weight excluding hydrogens is 244 g/mol. The fraction of sp³-hybridized carbons (Fsp3) is 0.308. The summed E-state index contributed by atoms with van der Waals surface area (Å²) < 4.78 is 10.2. The van der Waals surface area contributed by atoms with E-state index in [4.69, 9.17) is 9.47 Å². The molecule has 6 nitrogen and oxygen atoms in total. The average molecular weight is 260 g/mol. The third-order valence-electron chi connectivity index (χ3n) is 2.53. The molecule has 0 aliphatic carbocycles. The largest absolute Gasteiger partial charge is 0.481 e. The highest BCUT2D eigenvalue weighted by Crippen LogP contribution is 2.19. The smallest absolute Gasteiger partial charge is 0.293 e. The number of nitrogens with zero attached hydrogens (tertiary/aromatic N) is 3. The highest BCUT2D eigenvalue weighted by atomic mass is 16.5. The van der Waals surface area contributed by atoms with E-state index in [0.29, 0.717) is 17.7 Å². The Morgan fingerprint density at radius 2 is 2.11 bits per heavy atom. The van der Waals surface area contributed by atoms with Crippen molar-refractivity contribution in [1.82, 2.24) is 10.3 Å². The second kappa shape index (κ2) is 5.99. The van der Waals surface area contributed by atoms with Gasteiger partial charge in [0.25, 0.3) is 6.02 Å². The Balaban J connectivity index is 2.26. The molecule has 1 aliphatic heterocycles. The van der Waals surface area contributed by atoms with Gasteiger partial charge in [-0.1, -0.05) is 6.08 Å². The number of pyridine rings is 1. The first kappa shape index (κ1) is 13.1. The van der Waals surface area contributed by atoms with E-state index in [2.05, 4.69) is 20.3 Å². The molecule has 0 saturated carbocycles. The number of rotatable bonds is 3. The Morgan fingerprint density at radius 1 is 1.26 bits per heavy atom. The number of methoxy groups -OCH3 is 2. The van der Waals surface area contributed by atoms with Gasteiger partial charge in [-0.2, -0.15) is 4.99 Å². The molecule has 1 unspecified atom stereocenters. The van der Waals surface area contributed by atoms with E-state index in [9.17, 15) is 0 Å². The van der Waals surface area contributed by atoms with Crippen LogP contribution in [0.2, 0.25) is 0 Å². The minimum atomic E-state index is -0.267. The number of aromatic nitrogens is 1. The molecular formula is C13H16N4O2. The quantitative estimate of drug-likeness (QED) is 0.897. The molecule has 0 aromatic carbocycles. The van der Waals surface area contributed by atoms with Crippen LogP contribution in [0, 0.1) is 0 Å². The summed E-state index contributed by atoms with van der Waals surface area (Å²) in [5, 5.41) is 3.07. The predicted molar refractivity (Wildman–Crippen MR) is 73.4 cm³/mol. The Bertz CT molecular complexity index is 520. The maximum atomic E-state index is 5.14. The summed E-state index contributed by atoms with van der Waals surface area (Å²) in [6.07, 6.45) is 5.15. The molecule has 1 aromatic heterocycles. The van der Waals surface area contributed by atoms with Crippen LogP contribution in [0.1, 0.15) is 18.7 Å². The van der Waals surface area contributed by atoms with Crippen LogP contribution >= 0.6 is 0 Å². The second-order valence-electron chi connectivity index (χ2n) is 3.79. The lowest BCUT2D eigenvalue weighted by atomic mass is 10.2. The van der Waals surface area contributed by atoms with Crippen LogP contribution in [-0.4, -0.2) is 31.1 Å². The summed E-state index contributed by atoms with van der Waals surface area (Å²) in [6.45, 7) is 1.91. The van der Waals surface area contributed by atoms with Crippen LogP contribution in [0.3, 0.4) is 0 Å². The zero-order valence-corrected chi connectivity index (χ0v) is 11.1. The third kappa shape index (κ3) is 3.09. The fourth-order valence-corrected chi connectivity index (χ4v) is 1.61. The van der Waals surface area contributed by atoms with Gasteiger partial charge in [0.05, 0.1) is 14.2 Å². The average Bonchev–Trinajstić information content (AvgIpc) is 2.47. The molecule has 0 bridgehead atoms. The fourth-order valence-electron chi connectivity index (χ4n) is 1.61. The van der Waals surface area contributed by atoms with Gasteiger partial charge in [-0.15, -0.1) is 0 Å². The van der Waals surface area contributed by atoms with Crippen molar-refractivity contribution in [1.29, 1.82) is 0 Å². The van der Waals surface area contributed by atoms with Gasteiger partial charge in [0.2, 0.25) is 5.88 Å². The van der Waals surface area contributed by atoms with E-state index in [-0.39, 0.29) is 6.17 Å². The molecule has 0 saturated heterocycles. The summed E-state index contributed by atoms with van der Waals surface area (Å²) >= 11 is 0. The Kier molecular flexibility index (Phi) is 4.12. The van der Waals surface area contributed by atoms with Gasteiger partial charge in [0.1, 0.15) is 0 Å². The number of aliphatic imine (C=N–C) groups is 2. The van der Waals surface area contributed by atoms with Gasteiger partial charge < -0.3 is 14.8 Å². The van der Waals surface area contributed by atoms with Crippen molar-refractivity contribution >= 4 is 11.9 Å². The van der Waals surface area contributed by atoms with E-state index in [1.807, 2.05) is 25.1 Å². The first-order valence-electron chi connectivity index (χ1n) is 5.86. The van der Waals surface area contributed by atoms with E-state index in [1.165, 1.54) is 0 Å². The van der Waals surface area contributed by atoms with E-state index < -0.39 is 0 Å². The topological polar surface area (TPSA) is 68.1 Å². The molecule has 2 rings (SSSR count). The lowest BCUT2D eigenvalue weighted by Gasteiger charge is -2.20. The number of ether oxygens (including phenoxy) is 2. The van der Waals surface area contributed by atoms with Crippen LogP contribution in [0.4, 0.5) is 0 Å². The molecule has 2 heterocycles. The van der Waals surface area contributed by atoms with E-state index >= 15 is 0 Å². The van der Waals surface area contributed by atoms with Crippen molar-refractivity contribution in [3.63, 3.8) is 0 Å². The molecule has 1 aromatic rings. The highest BCUT2D eigenvalue weighted by molar-refractivity contribution is 6.02. The van der Waals surface area contributed by atoms with Gasteiger partial charge in [0, 0.05) is 17.8 Å². The summed E-state index contributed by atoms with van der Waals surface area (Å²) in [5.74, 6) is 1.18. The minimum Gasteiger partial charge on any atom is -0.481 e. The van der Waals surface area contributed by atoms with Crippen molar-refractivity contribution in [2.75, 3.05) is 14.2 Å². The number of hydrogen-bond donors (Lipinski definition) is 1. The normalized spacial score (nSPS) is 18.6. The molecule has 0 spiro atoms. The molecule has 1 aliphatic rings. The molecule has 0 fully saturated rings. The van der Waals surface area contributed by atoms with Gasteiger partial charge in [0.15, 0.2) is 12.0 Å². The number of allylic oxidation sites excluding steroid dienone is 1. The maximum Gasteiger partial charge on any atom is 0.293 e. The Hall–Kier alpha value is -2.37. The van der Waals surface area contributed by atoms with Crippen molar-refractivity contribution in [3.8, 4) is 5.88 Å². The van der Waals surface area contributed by atoms with Gasteiger partial charge in [-0.25, -0.2) is 9.98 Å². The number of amidine groups is 2. The highest BCUT2D eigenvalue weighted by Gasteiger charge is 2.18. The van der Waals surface area contributed by atoms with Gasteiger partial charge >= 0.3 is 0 Å². The first-order chi connectivity index (χ1) is 9.26.